The minimum atomic E-state index is -1.26. The third-order valence-electron chi connectivity index (χ3n) is 5.94. The van der Waals surface area contributed by atoms with E-state index >= 15 is 0 Å². The zero-order valence-corrected chi connectivity index (χ0v) is 17.2. The predicted molar refractivity (Wildman–Crippen MR) is 112 cm³/mol. The van der Waals surface area contributed by atoms with Gasteiger partial charge in [-0.05, 0) is 44.1 Å². The third kappa shape index (κ3) is 3.59. The summed E-state index contributed by atoms with van der Waals surface area (Å²) >= 11 is 0. The average Bonchev–Trinajstić information content (AvgIpc) is 3.31. The number of H-pyrrole nitrogens is 1. The maximum atomic E-state index is 12.8. The van der Waals surface area contributed by atoms with E-state index in [4.69, 9.17) is 4.74 Å². The van der Waals surface area contributed by atoms with Crippen LogP contribution >= 0.6 is 0 Å². The third-order valence-corrected chi connectivity index (χ3v) is 5.94. The van der Waals surface area contributed by atoms with Gasteiger partial charge in [-0.3, -0.25) is 4.79 Å². The molecule has 2 aromatic heterocycles. The minimum absolute atomic E-state index is 0.0259. The minimum Gasteiger partial charge on any atom is -0.477 e. The van der Waals surface area contributed by atoms with Crippen molar-refractivity contribution >= 4 is 28.9 Å². The van der Waals surface area contributed by atoms with Crippen LogP contribution in [0, 0.1) is 0 Å². The van der Waals surface area contributed by atoms with E-state index in [1.165, 1.54) is 0 Å². The summed E-state index contributed by atoms with van der Waals surface area (Å²) in [5.74, 6) is -1.67. The van der Waals surface area contributed by atoms with Crippen LogP contribution in [0.2, 0.25) is 0 Å². The van der Waals surface area contributed by atoms with Crippen LogP contribution in [0.15, 0.2) is 41.7 Å². The number of aromatic amines is 1. The molecule has 0 aromatic carbocycles. The number of ketones is 1. The molecule has 8 nitrogen and oxygen atoms in total. The molecule has 0 amide bonds. The Morgan fingerprint density at radius 3 is 2.77 bits per heavy atom. The van der Waals surface area contributed by atoms with Gasteiger partial charge < -0.3 is 24.6 Å². The molecule has 0 radical (unpaired) electrons. The molecule has 0 spiro atoms. The van der Waals surface area contributed by atoms with Gasteiger partial charge in [0.25, 0.3) is 0 Å². The molecule has 4 rings (SSSR count). The molecule has 0 saturated carbocycles. The summed E-state index contributed by atoms with van der Waals surface area (Å²) in [6, 6.07) is 4.16. The number of pyridine rings is 1. The van der Waals surface area contributed by atoms with Gasteiger partial charge in [-0.25, -0.2) is 9.78 Å². The summed E-state index contributed by atoms with van der Waals surface area (Å²) < 4.78 is 5.85. The summed E-state index contributed by atoms with van der Waals surface area (Å²) in [5, 5.41) is 10.5. The number of hydrogen-bond donors (Lipinski definition) is 2. The molecule has 158 valence electrons. The van der Waals surface area contributed by atoms with E-state index in [9.17, 15) is 14.7 Å². The quantitative estimate of drug-likeness (QED) is 0.558. The summed E-state index contributed by atoms with van der Waals surface area (Å²) in [5.41, 5.74) is 1.13. The number of nitrogens with zero attached hydrogens (tertiary/aromatic N) is 3. The highest BCUT2D eigenvalue weighted by atomic mass is 16.5. The van der Waals surface area contributed by atoms with E-state index in [1.54, 1.807) is 18.5 Å². The number of carbonyl (C=O) groups is 2. The first-order chi connectivity index (χ1) is 14.5. The first kappa shape index (κ1) is 20.2. The molecule has 2 N–H and O–H groups in total. The zero-order valence-electron chi connectivity index (χ0n) is 17.2. The predicted octanol–water partition coefficient (Wildman–Crippen LogP) is 2.61. The highest BCUT2D eigenvalue weighted by molar-refractivity contribution is 6.26. The monoisotopic (exact) mass is 410 g/mol. The molecule has 2 aromatic rings. The Morgan fingerprint density at radius 1 is 1.37 bits per heavy atom. The molecule has 30 heavy (non-hydrogen) atoms. The van der Waals surface area contributed by atoms with E-state index < -0.39 is 11.8 Å². The highest BCUT2D eigenvalue weighted by Crippen LogP contribution is 2.32. The molecule has 0 aliphatic carbocycles. The molecule has 2 aliphatic rings. The Bertz CT molecular complexity index is 1030. The van der Waals surface area contributed by atoms with E-state index in [-0.39, 0.29) is 17.2 Å². The van der Waals surface area contributed by atoms with Crippen molar-refractivity contribution in [2.24, 2.45) is 0 Å². The number of likely N-dealkylation sites (tertiary alicyclic amines) is 1. The van der Waals surface area contributed by atoms with Crippen molar-refractivity contribution in [2.75, 3.05) is 26.2 Å². The second-order valence-electron chi connectivity index (χ2n) is 7.51. The number of carboxylic acid groups (broad SMARTS) is 1. The van der Waals surface area contributed by atoms with Gasteiger partial charge in [0, 0.05) is 42.5 Å². The number of nitrogens with one attached hydrogen (secondary N) is 1. The van der Waals surface area contributed by atoms with Crippen LogP contribution in [0.3, 0.4) is 0 Å². The Labute approximate surface area is 174 Å². The smallest absolute Gasteiger partial charge is 0.345 e. The Morgan fingerprint density at radius 2 is 2.10 bits per heavy atom. The maximum Gasteiger partial charge on any atom is 0.345 e. The van der Waals surface area contributed by atoms with Crippen LogP contribution in [0.1, 0.15) is 32.3 Å². The van der Waals surface area contributed by atoms with Gasteiger partial charge in [-0.2, -0.15) is 0 Å². The second kappa shape index (κ2) is 8.31. The normalized spacial score (nSPS) is 19.4. The van der Waals surface area contributed by atoms with Crippen molar-refractivity contribution in [2.45, 2.75) is 32.7 Å². The van der Waals surface area contributed by atoms with Gasteiger partial charge >= 0.3 is 5.97 Å². The number of piperidine rings is 1. The lowest BCUT2D eigenvalue weighted by Gasteiger charge is -2.38. The molecule has 2 aliphatic heterocycles. The van der Waals surface area contributed by atoms with Crippen LogP contribution in [-0.2, 0) is 14.3 Å². The molecule has 8 heteroatoms. The number of carboxylic acids is 1. The lowest BCUT2D eigenvalue weighted by molar-refractivity contribution is -0.134. The van der Waals surface area contributed by atoms with Crippen LogP contribution in [-0.4, -0.2) is 68.8 Å². The lowest BCUT2D eigenvalue weighted by Crippen LogP contribution is -2.44. The van der Waals surface area contributed by atoms with Crippen LogP contribution in [0.25, 0.3) is 17.1 Å². The number of aromatic nitrogens is 2. The number of Topliss-reactive ketones (excluding diaryl/α,β-unsaturated/α-hetero) is 1. The zero-order chi connectivity index (χ0) is 21.3. The van der Waals surface area contributed by atoms with Crippen LogP contribution < -0.4 is 0 Å². The van der Waals surface area contributed by atoms with E-state index in [1.807, 2.05) is 17.0 Å². The van der Waals surface area contributed by atoms with E-state index in [2.05, 4.69) is 28.7 Å². The van der Waals surface area contributed by atoms with Gasteiger partial charge in [0.05, 0.1) is 0 Å². The Kier molecular flexibility index (Phi) is 5.59. The Balaban J connectivity index is 1.57. The summed E-state index contributed by atoms with van der Waals surface area (Å²) in [4.78, 5) is 36.3. The fraction of sp³-hybridized carbons (Fsp3) is 0.409. The SMILES string of the molecule is CCN(CC)C1CCN(C2=C(C(=O)O)C(=O)/C(=C/c3c[nH]c4ncccc34)O2)CC1. The van der Waals surface area contributed by atoms with Crippen molar-refractivity contribution in [1.29, 1.82) is 0 Å². The van der Waals surface area contributed by atoms with Crippen LogP contribution in [0.5, 0.6) is 0 Å². The number of fused-ring (bicyclic) bond motifs is 1. The van der Waals surface area contributed by atoms with Crippen molar-refractivity contribution in [1.82, 2.24) is 19.8 Å². The first-order valence-electron chi connectivity index (χ1n) is 10.4. The maximum absolute atomic E-state index is 12.8. The number of allylic oxidation sites excluding steroid dienone is 1. The van der Waals surface area contributed by atoms with Gasteiger partial charge in [-0.1, -0.05) is 13.8 Å². The number of aliphatic carboxylic acids is 1. The van der Waals surface area contributed by atoms with Crippen molar-refractivity contribution < 1.29 is 19.4 Å². The fourth-order valence-corrected chi connectivity index (χ4v) is 4.34. The van der Waals surface area contributed by atoms with Crippen molar-refractivity contribution in [3.63, 3.8) is 0 Å². The van der Waals surface area contributed by atoms with E-state index in [0.717, 1.165) is 36.9 Å². The fourth-order valence-electron chi connectivity index (χ4n) is 4.34. The highest BCUT2D eigenvalue weighted by Gasteiger charge is 2.39. The standard InChI is InChI=1S/C22H26N4O4/c1-3-25(4-2)15-7-10-26(11-8-15)21-18(22(28)29)19(27)17(30-21)12-14-13-24-20-16(14)6-5-9-23-20/h5-6,9,12-13,15H,3-4,7-8,10-11H2,1-2H3,(H,23,24)(H,28,29)/b17-12-. The summed E-state index contributed by atoms with van der Waals surface area (Å²) in [6.07, 6.45) is 6.80. The average molecular weight is 410 g/mol. The lowest BCUT2D eigenvalue weighted by atomic mass is 10.0. The molecule has 0 unspecified atom stereocenters. The van der Waals surface area contributed by atoms with Crippen LogP contribution in [0.4, 0.5) is 0 Å². The molecule has 1 saturated heterocycles. The largest absolute Gasteiger partial charge is 0.477 e. The van der Waals surface area contributed by atoms with E-state index in [0.29, 0.717) is 24.8 Å². The number of ether oxygens (including phenoxy) is 1. The molecule has 0 bridgehead atoms. The number of carbonyl (C=O) groups excluding carboxylic acids is 1. The molecule has 0 atom stereocenters. The van der Waals surface area contributed by atoms with Gasteiger partial charge in [0.1, 0.15) is 5.65 Å². The number of hydrogen-bond acceptors (Lipinski definition) is 6. The molecule has 1 fully saturated rings. The van der Waals surface area contributed by atoms with Crippen molar-refractivity contribution in [3.05, 3.63) is 47.3 Å². The first-order valence-corrected chi connectivity index (χ1v) is 10.4. The Hall–Kier alpha value is -3.13. The summed E-state index contributed by atoms with van der Waals surface area (Å²) in [7, 11) is 0. The van der Waals surface area contributed by atoms with Crippen molar-refractivity contribution in [3.8, 4) is 0 Å². The molecular formula is C22H26N4O4. The summed E-state index contributed by atoms with van der Waals surface area (Å²) in [6.45, 7) is 7.60. The second-order valence-corrected chi connectivity index (χ2v) is 7.51. The van der Waals surface area contributed by atoms with Gasteiger partial charge in [0.2, 0.25) is 11.7 Å². The van der Waals surface area contributed by atoms with Gasteiger partial charge in [0.15, 0.2) is 11.3 Å². The van der Waals surface area contributed by atoms with Gasteiger partial charge in [-0.15, -0.1) is 0 Å². The molecule has 4 heterocycles. The molecular weight excluding hydrogens is 384 g/mol. The number of rotatable bonds is 6. The topological polar surface area (TPSA) is 98.8 Å².